The van der Waals surface area contributed by atoms with E-state index in [4.69, 9.17) is 0 Å². The normalized spacial score (nSPS) is 11.5. The first-order chi connectivity index (χ1) is 34.2. The Morgan fingerprint density at radius 1 is 0.290 bits per heavy atom. The summed E-state index contributed by atoms with van der Waals surface area (Å²) in [5, 5.41) is 5.09. The van der Waals surface area contributed by atoms with Gasteiger partial charge in [-0.1, -0.05) is 200 Å². The number of hydrogen-bond donors (Lipinski definition) is 0. The van der Waals surface area contributed by atoms with Crippen LogP contribution in [0.5, 0.6) is 0 Å². The first kappa shape index (κ1) is 40.5. The second-order valence-corrected chi connectivity index (χ2v) is 18.7. The number of benzene rings is 11. The molecule has 11 aromatic carbocycles. The summed E-state index contributed by atoms with van der Waals surface area (Å²) in [5.74, 6) is 0. The van der Waals surface area contributed by atoms with Gasteiger partial charge >= 0.3 is 0 Å². The largest absolute Gasteiger partial charge is 0.310 e. The van der Waals surface area contributed by atoms with Crippen molar-refractivity contribution in [1.82, 2.24) is 4.57 Å². The van der Waals surface area contributed by atoms with Crippen LogP contribution < -0.4 is 4.90 Å². The summed E-state index contributed by atoms with van der Waals surface area (Å²) in [4.78, 5) is 2.45. The molecule has 0 aliphatic rings. The molecule has 0 unspecified atom stereocenters. The van der Waals surface area contributed by atoms with Crippen molar-refractivity contribution in [1.29, 1.82) is 0 Å². The quantitative estimate of drug-likeness (QED) is 0.140. The predicted octanol–water partition coefficient (Wildman–Crippen LogP) is 19.0. The van der Waals surface area contributed by atoms with E-state index in [9.17, 15) is 0 Å². The fraction of sp³-hybridized carbons (Fsp3) is 0. The molecule has 0 saturated carbocycles. The maximum atomic E-state index is 2.45. The Morgan fingerprint density at radius 3 is 1.61 bits per heavy atom. The van der Waals surface area contributed by atoms with Crippen LogP contribution in [-0.2, 0) is 0 Å². The van der Waals surface area contributed by atoms with Crippen molar-refractivity contribution < 1.29 is 0 Å². The number of anilines is 3. The molecule has 0 fully saturated rings. The Morgan fingerprint density at radius 2 is 0.812 bits per heavy atom. The molecule has 0 bridgehead atoms. The molecular weight excluding hydrogens is 853 g/mol. The third-order valence-electron chi connectivity index (χ3n) is 13.6. The van der Waals surface area contributed by atoms with Crippen LogP contribution in [-0.4, -0.2) is 4.57 Å². The topological polar surface area (TPSA) is 8.17 Å². The average Bonchev–Trinajstić information content (AvgIpc) is 3.98. The number of hydrogen-bond acceptors (Lipinski definition) is 2. The Bertz CT molecular complexity index is 4010. The number of fused-ring (bicyclic) bond motifs is 6. The van der Waals surface area contributed by atoms with Crippen molar-refractivity contribution in [3.8, 4) is 61.3 Å². The Labute approximate surface area is 405 Å². The molecular formula is C66H44N2S. The van der Waals surface area contributed by atoms with Gasteiger partial charge in [0.1, 0.15) is 0 Å². The molecule has 0 spiro atoms. The lowest BCUT2D eigenvalue weighted by Gasteiger charge is -2.29. The van der Waals surface area contributed by atoms with Crippen molar-refractivity contribution in [2.45, 2.75) is 0 Å². The molecule has 0 aliphatic carbocycles. The van der Waals surface area contributed by atoms with E-state index in [0.717, 1.165) is 33.9 Å². The summed E-state index contributed by atoms with van der Waals surface area (Å²) in [6.45, 7) is 0. The van der Waals surface area contributed by atoms with Crippen LogP contribution >= 0.6 is 11.3 Å². The van der Waals surface area contributed by atoms with Crippen molar-refractivity contribution >= 4 is 70.4 Å². The SMILES string of the molecule is c1ccc(-c2ccccc2-c2ccccc2-c2ccccc2N(c2ccc(-c3cccc4c3sc3ccccc34)cc2)c2cccc(-c3ccc4c(c3)c3ccccc3n4-c3ccccc3)c2)cc1. The second kappa shape index (κ2) is 17.2. The van der Waals surface area contributed by atoms with E-state index in [0.29, 0.717) is 0 Å². The highest BCUT2D eigenvalue weighted by Gasteiger charge is 2.22. The van der Waals surface area contributed by atoms with E-state index in [1.165, 1.54) is 86.5 Å². The zero-order chi connectivity index (χ0) is 45.7. The molecule has 0 aliphatic heterocycles. The summed E-state index contributed by atoms with van der Waals surface area (Å²) in [5.41, 5.74) is 18.7. The highest BCUT2D eigenvalue weighted by molar-refractivity contribution is 7.26. The van der Waals surface area contributed by atoms with E-state index in [1.54, 1.807) is 0 Å². The Balaban J connectivity index is 0.980. The summed E-state index contributed by atoms with van der Waals surface area (Å²) in [6, 6.07) is 97.4. The number of aromatic nitrogens is 1. The van der Waals surface area contributed by atoms with Gasteiger partial charge in [-0.05, 0) is 117 Å². The van der Waals surface area contributed by atoms with E-state index in [1.807, 2.05) is 11.3 Å². The molecule has 13 rings (SSSR count). The van der Waals surface area contributed by atoms with Crippen molar-refractivity contribution in [3.63, 3.8) is 0 Å². The lowest BCUT2D eigenvalue weighted by Crippen LogP contribution is -2.11. The molecule has 2 nitrogen and oxygen atoms in total. The van der Waals surface area contributed by atoms with Crippen LogP contribution in [0.1, 0.15) is 0 Å². The lowest BCUT2D eigenvalue weighted by atomic mass is 9.88. The van der Waals surface area contributed by atoms with Crippen LogP contribution in [0.15, 0.2) is 267 Å². The molecule has 0 N–H and O–H groups in total. The molecule has 3 heteroatoms. The summed E-state index contributed by atoms with van der Waals surface area (Å²) in [7, 11) is 0. The fourth-order valence-corrected chi connectivity index (χ4v) is 11.7. The molecule has 324 valence electrons. The molecule has 69 heavy (non-hydrogen) atoms. The van der Waals surface area contributed by atoms with Gasteiger partial charge in [0.25, 0.3) is 0 Å². The minimum atomic E-state index is 1.08. The first-order valence-electron chi connectivity index (χ1n) is 23.6. The van der Waals surface area contributed by atoms with Gasteiger partial charge in [-0.15, -0.1) is 11.3 Å². The highest BCUT2D eigenvalue weighted by Crippen LogP contribution is 2.47. The van der Waals surface area contributed by atoms with Gasteiger partial charge in [0.05, 0.1) is 16.7 Å². The summed E-state index contributed by atoms with van der Waals surface area (Å²) >= 11 is 1.87. The first-order valence-corrected chi connectivity index (χ1v) is 24.4. The number of thiophene rings is 1. The van der Waals surface area contributed by atoms with Crippen LogP contribution in [0.3, 0.4) is 0 Å². The third kappa shape index (κ3) is 7.11. The number of rotatable bonds is 9. The van der Waals surface area contributed by atoms with Gasteiger partial charge in [-0.25, -0.2) is 0 Å². The van der Waals surface area contributed by atoms with Gasteiger partial charge in [0, 0.05) is 53.6 Å². The van der Waals surface area contributed by atoms with Crippen molar-refractivity contribution in [2.24, 2.45) is 0 Å². The van der Waals surface area contributed by atoms with E-state index in [2.05, 4.69) is 276 Å². The summed E-state index contributed by atoms with van der Waals surface area (Å²) in [6.07, 6.45) is 0. The fourth-order valence-electron chi connectivity index (χ4n) is 10.5. The minimum absolute atomic E-state index is 1.08. The molecule has 2 aromatic heterocycles. The summed E-state index contributed by atoms with van der Waals surface area (Å²) < 4.78 is 5.01. The van der Waals surface area contributed by atoms with E-state index < -0.39 is 0 Å². The van der Waals surface area contributed by atoms with Crippen LogP contribution in [0.2, 0.25) is 0 Å². The smallest absolute Gasteiger partial charge is 0.0541 e. The molecule has 0 saturated heterocycles. The van der Waals surface area contributed by atoms with Gasteiger partial charge in [0.2, 0.25) is 0 Å². The average molecular weight is 897 g/mol. The lowest BCUT2D eigenvalue weighted by molar-refractivity contribution is 1.18. The van der Waals surface area contributed by atoms with Crippen molar-refractivity contribution in [3.05, 3.63) is 267 Å². The standard InChI is InChI=1S/C66H44N2S/c1-3-19-45(20-4-1)52-25-7-8-26-54(52)55-27-9-10-28-56(55)57-29-11-14-34-62(57)67(50-40-37-46(38-41-50)53-32-18-33-60-59-31-13-16-36-65(59)69-66(53)60)51-24-17-21-47(43-51)48-39-42-64-61(44-48)58-30-12-15-35-63(58)68(64)49-22-5-2-6-23-49/h1-44H. The molecule has 2 heterocycles. The van der Waals surface area contributed by atoms with E-state index >= 15 is 0 Å². The third-order valence-corrected chi connectivity index (χ3v) is 14.8. The van der Waals surface area contributed by atoms with E-state index in [-0.39, 0.29) is 0 Å². The maximum Gasteiger partial charge on any atom is 0.0541 e. The van der Waals surface area contributed by atoms with Gasteiger partial charge in [-0.3, -0.25) is 0 Å². The molecule has 0 radical (unpaired) electrons. The Kier molecular flexibility index (Phi) is 10.1. The van der Waals surface area contributed by atoms with Gasteiger partial charge < -0.3 is 9.47 Å². The van der Waals surface area contributed by atoms with Crippen molar-refractivity contribution in [2.75, 3.05) is 4.90 Å². The van der Waals surface area contributed by atoms with Gasteiger partial charge in [0.15, 0.2) is 0 Å². The minimum Gasteiger partial charge on any atom is -0.310 e. The molecule has 13 aromatic rings. The predicted molar refractivity (Wildman–Crippen MR) is 296 cm³/mol. The Hall–Kier alpha value is -8.76. The zero-order valence-electron chi connectivity index (χ0n) is 37.7. The van der Waals surface area contributed by atoms with Crippen LogP contribution in [0.4, 0.5) is 17.1 Å². The highest BCUT2D eigenvalue weighted by atomic mass is 32.1. The number of para-hydroxylation sites is 3. The zero-order valence-corrected chi connectivity index (χ0v) is 38.5. The van der Waals surface area contributed by atoms with Crippen LogP contribution in [0.25, 0.3) is 103 Å². The molecule has 0 atom stereocenters. The maximum absolute atomic E-state index is 2.45. The number of nitrogens with zero attached hydrogens (tertiary/aromatic N) is 2. The monoisotopic (exact) mass is 896 g/mol. The van der Waals surface area contributed by atoms with Crippen LogP contribution in [0, 0.1) is 0 Å². The van der Waals surface area contributed by atoms with Gasteiger partial charge in [-0.2, -0.15) is 0 Å². The molecule has 0 amide bonds. The second-order valence-electron chi connectivity index (χ2n) is 17.6.